The molecule has 0 aliphatic carbocycles. The fourth-order valence-corrected chi connectivity index (χ4v) is 2.02. The van der Waals surface area contributed by atoms with Crippen molar-refractivity contribution in [3.8, 4) is 0 Å². The van der Waals surface area contributed by atoms with Gasteiger partial charge in [0.05, 0.1) is 5.02 Å². The van der Waals surface area contributed by atoms with Crippen molar-refractivity contribution in [2.45, 2.75) is 25.8 Å². The lowest BCUT2D eigenvalue weighted by Gasteiger charge is -2.05. The fourth-order valence-electron chi connectivity index (χ4n) is 1.29. The predicted molar refractivity (Wildman–Crippen MR) is 73.7 cm³/mol. The maximum absolute atomic E-state index is 5.98. The Morgan fingerprint density at radius 3 is 2.93 bits per heavy atom. The van der Waals surface area contributed by atoms with Crippen LogP contribution in [0.4, 0.5) is 0 Å². The van der Waals surface area contributed by atoms with E-state index >= 15 is 0 Å². The van der Waals surface area contributed by atoms with E-state index in [-0.39, 0.29) is 0 Å². The van der Waals surface area contributed by atoms with E-state index < -0.39 is 0 Å². The molecule has 0 aliphatic heterocycles. The van der Waals surface area contributed by atoms with Crippen LogP contribution in [0.2, 0.25) is 5.02 Å². The van der Waals surface area contributed by atoms with Crippen molar-refractivity contribution in [2.75, 3.05) is 11.0 Å². The summed E-state index contributed by atoms with van der Waals surface area (Å²) in [6.45, 7) is 1.90. The van der Waals surface area contributed by atoms with Crippen molar-refractivity contribution >= 4 is 34.2 Å². The Labute approximate surface area is 110 Å². The van der Waals surface area contributed by atoms with Gasteiger partial charge in [-0.05, 0) is 35.4 Å². The maximum Gasteiger partial charge on any atom is 0.0634 e. The molecule has 0 aliphatic rings. The monoisotopic (exact) mass is 338 g/mol. The van der Waals surface area contributed by atoms with Gasteiger partial charge in [0.15, 0.2) is 0 Å². The second-order valence-corrected chi connectivity index (χ2v) is 4.88. The molecule has 0 saturated heterocycles. The number of pyridine rings is 1. The summed E-state index contributed by atoms with van der Waals surface area (Å²) < 4.78 is 1.26. The standard InChI is InChI=1S/C11H16ClIN2/c12-11-9-15-7-4-10(11)8-14-6-3-1-2-5-13/h4,7,9,14H,1-3,5-6,8H2. The number of unbranched alkanes of at least 4 members (excludes halogenated alkanes) is 2. The second-order valence-electron chi connectivity index (χ2n) is 3.39. The molecule has 0 unspecified atom stereocenters. The maximum atomic E-state index is 5.98. The van der Waals surface area contributed by atoms with Gasteiger partial charge in [-0.25, -0.2) is 0 Å². The van der Waals surface area contributed by atoms with Gasteiger partial charge in [0.1, 0.15) is 0 Å². The smallest absolute Gasteiger partial charge is 0.0634 e. The third-order valence-electron chi connectivity index (χ3n) is 2.16. The van der Waals surface area contributed by atoms with E-state index in [0.29, 0.717) is 0 Å². The van der Waals surface area contributed by atoms with Crippen molar-refractivity contribution in [2.24, 2.45) is 0 Å². The van der Waals surface area contributed by atoms with Crippen molar-refractivity contribution in [1.29, 1.82) is 0 Å². The lowest BCUT2D eigenvalue weighted by Crippen LogP contribution is -2.14. The summed E-state index contributed by atoms with van der Waals surface area (Å²) in [7, 11) is 0. The summed E-state index contributed by atoms with van der Waals surface area (Å²) in [6.07, 6.45) is 7.33. The minimum absolute atomic E-state index is 0.747. The van der Waals surface area contributed by atoms with Crippen molar-refractivity contribution < 1.29 is 0 Å². The van der Waals surface area contributed by atoms with Crippen LogP contribution in [0.15, 0.2) is 18.5 Å². The van der Waals surface area contributed by atoms with Gasteiger partial charge in [-0.1, -0.05) is 40.6 Å². The highest BCUT2D eigenvalue weighted by atomic mass is 127. The van der Waals surface area contributed by atoms with Crippen molar-refractivity contribution in [3.05, 3.63) is 29.0 Å². The third-order valence-corrected chi connectivity index (χ3v) is 3.26. The normalized spacial score (nSPS) is 10.5. The van der Waals surface area contributed by atoms with E-state index in [4.69, 9.17) is 11.6 Å². The van der Waals surface area contributed by atoms with Gasteiger partial charge >= 0.3 is 0 Å². The number of nitrogens with one attached hydrogen (secondary N) is 1. The van der Waals surface area contributed by atoms with Crippen molar-refractivity contribution in [3.63, 3.8) is 0 Å². The molecule has 0 fully saturated rings. The summed E-state index contributed by atoms with van der Waals surface area (Å²) in [5.41, 5.74) is 1.13. The predicted octanol–water partition coefficient (Wildman–Crippen LogP) is 3.43. The average Bonchev–Trinajstić information content (AvgIpc) is 2.25. The Bertz CT molecular complexity index is 281. The lowest BCUT2D eigenvalue weighted by atomic mass is 10.2. The SMILES string of the molecule is Clc1cnccc1CNCCCCCI. The molecule has 0 amide bonds. The van der Waals surface area contributed by atoms with Gasteiger partial charge in [-0.15, -0.1) is 0 Å². The second kappa shape index (κ2) is 8.30. The number of hydrogen-bond donors (Lipinski definition) is 1. The Hall–Kier alpha value is 0.130. The van der Waals surface area contributed by atoms with Crippen LogP contribution in [0.1, 0.15) is 24.8 Å². The van der Waals surface area contributed by atoms with Crippen LogP contribution in [0.5, 0.6) is 0 Å². The fraction of sp³-hybridized carbons (Fsp3) is 0.545. The topological polar surface area (TPSA) is 24.9 Å². The van der Waals surface area contributed by atoms with Crippen LogP contribution in [0.3, 0.4) is 0 Å². The van der Waals surface area contributed by atoms with Gasteiger partial charge in [-0.3, -0.25) is 4.98 Å². The molecule has 4 heteroatoms. The summed E-state index contributed by atoms with van der Waals surface area (Å²) in [5, 5.41) is 4.13. The molecule has 15 heavy (non-hydrogen) atoms. The van der Waals surface area contributed by atoms with Gasteiger partial charge in [0, 0.05) is 18.9 Å². The van der Waals surface area contributed by atoms with E-state index in [1.54, 1.807) is 12.4 Å². The summed E-state index contributed by atoms with van der Waals surface area (Å²) in [6, 6.07) is 1.96. The minimum atomic E-state index is 0.747. The lowest BCUT2D eigenvalue weighted by molar-refractivity contribution is 0.620. The van der Waals surface area contributed by atoms with Crippen molar-refractivity contribution in [1.82, 2.24) is 10.3 Å². The minimum Gasteiger partial charge on any atom is -0.313 e. The van der Waals surface area contributed by atoms with Crippen LogP contribution in [-0.4, -0.2) is 16.0 Å². The van der Waals surface area contributed by atoms with Crippen LogP contribution >= 0.6 is 34.2 Å². The largest absolute Gasteiger partial charge is 0.313 e. The molecule has 0 saturated carbocycles. The van der Waals surface area contributed by atoms with E-state index in [1.165, 1.54) is 23.7 Å². The Morgan fingerprint density at radius 1 is 1.33 bits per heavy atom. The molecular formula is C11H16ClIN2. The number of nitrogens with zero attached hydrogens (tertiary/aromatic N) is 1. The molecule has 1 aromatic heterocycles. The highest BCUT2D eigenvalue weighted by molar-refractivity contribution is 14.1. The van der Waals surface area contributed by atoms with E-state index in [0.717, 1.165) is 23.7 Å². The first-order chi connectivity index (χ1) is 7.34. The molecule has 0 bridgehead atoms. The number of rotatable bonds is 7. The molecule has 84 valence electrons. The number of alkyl halides is 1. The van der Waals surface area contributed by atoms with Crippen LogP contribution < -0.4 is 5.32 Å². The first-order valence-electron chi connectivity index (χ1n) is 5.19. The van der Waals surface area contributed by atoms with Gasteiger partial charge in [0.2, 0.25) is 0 Å². The Morgan fingerprint density at radius 2 is 2.20 bits per heavy atom. The zero-order chi connectivity index (χ0) is 10.9. The zero-order valence-corrected chi connectivity index (χ0v) is 11.6. The average molecular weight is 339 g/mol. The Kier molecular flexibility index (Phi) is 7.30. The number of hydrogen-bond acceptors (Lipinski definition) is 2. The summed E-state index contributed by atoms with van der Waals surface area (Å²) in [4.78, 5) is 3.95. The molecule has 1 N–H and O–H groups in total. The quantitative estimate of drug-likeness (QED) is 0.468. The van der Waals surface area contributed by atoms with E-state index in [9.17, 15) is 0 Å². The van der Waals surface area contributed by atoms with Gasteiger partial charge < -0.3 is 5.32 Å². The number of aromatic nitrogens is 1. The van der Waals surface area contributed by atoms with E-state index in [2.05, 4.69) is 32.9 Å². The molecule has 1 heterocycles. The Balaban J connectivity index is 2.12. The van der Waals surface area contributed by atoms with Crippen LogP contribution in [0.25, 0.3) is 0 Å². The van der Waals surface area contributed by atoms with Gasteiger partial charge in [0.25, 0.3) is 0 Å². The zero-order valence-electron chi connectivity index (χ0n) is 8.68. The molecule has 2 nitrogen and oxygen atoms in total. The highest BCUT2D eigenvalue weighted by Gasteiger charge is 1.97. The van der Waals surface area contributed by atoms with Crippen LogP contribution in [-0.2, 0) is 6.54 Å². The molecule has 0 aromatic carbocycles. The van der Waals surface area contributed by atoms with Gasteiger partial charge in [-0.2, -0.15) is 0 Å². The first-order valence-corrected chi connectivity index (χ1v) is 7.10. The molecule has 0 radical (unpaired) electrons. The number of halogens is 2. The molecule has 0 spiro atoms. The van der Waals surface area contributed by atoms with Crippen LogP contribution in [0, 0.1) is 0 Å². The molecule has 0 atom stereocenters. The highest BCUT2D eigenvalue weighted by Crippen LogP contribution is 2.12. The summed E-state index contributed by atoms with van der Waals surface area (Å²) in [5.74, 6) is 0. The summed E-state index contributed by atoms with van der Waals surface area (Å²) >= 11 is 8.40. The molecule has 1 rings (SSSR count). The third kappa shape index (κ3) is 5.68. The molecule has 1 aromatic rings. The first kappa shape index (κ1) is 13.2. The van der Waals surface area contributed by atoms with E-state index in [1.807, 2.05) is 6.07 Å². The molecular weight excluding hydrogens is 322 g/mol.